The van der Waals surface area contributed by atoms with Crippen LogP contribution in [-0.2, 0) is 4.79 Å². The van der Waals surface area contributed by atoms with Crippen LogP contribution in [0.2, 0.25) is 0 Å². The largest absolute Gasteiger partial charge is 0.431 e. The number of hydrogen-bond donors (Lipinski definition) is 4. The summed E-state index contributed by atoms with van der Waals surface area (Å²) in [5.41, 5.74) is -3.16. The standard InChI is InChI=1S/C24H32O7/c1-22-8-7-14(25)9-13(22)4-5-15-19(22)20(28)21(29)23(2)18(16(26)10-24(15,23)30)12-3-6-17(27)31-11-12/h3,6,11,13-16,18-19,21,25-26,29-30H,4-5,7-10H2,1-2H3. The lowest BCUT2D eigenvalue weighted by Gasteiger charge is -2.63. The maximum Gasteiger partial charge on any atom is 0.335 e. The Hall–Kier alpha value is -1.54. The van der Waals surface area contributed by atoms with Crippen molar-refractivity contribution < 1.29 is 29.6 Å². The zero-order valence-electron chi connectivity index (χ0n) is 18.0. The Labute approximate surface area is 181 Å². The molecule has 4 aliphatic carbocycles. The number of hydrogen-bond acceptors (Lipinski definition) is 7. The molecule has 0 radical (unpaired) electrons. The van der Waals surface area contributed by atoms with Gasteiger partial charge in [-0.05, 0) is 61.0 Å². The number of ketones is 1. The molecule has 7 nitrogen and oxygen atoms in total. The second kappa shape index (κ2) is 6.73. The Balaban J connectivity index is 1.61. The van der Waals surface area contributed by atoms with E-state index in [1.807, 2.05) is 0 Å². The van der Waals surface area contributed by atoms with Crippen LogP contribution in [0, 0.1) is 28.6 Å². The number of aliphatic hydroxyl groups is 4. The zero-order chi connectivity index (χ0) is 22.3. The number of fused-ring (bicyclic) bond motifs is 5. The molecule has 1 heterocycles. The van der Waals surface area contributed by atoms with Crippen molar-refractivity contribution in [2.45, 2.75) is 82.2 Å². The molecule has 4 N–H and O–H groups in total. The van der Waals surface area contributed by atoms with Crippen molar-refractivity contribution in [1.82, 2.24) is 0 Å². The van der Waals surface area contributed by atoms with E-state index in [0.29, 0.717) is 31.2 Å². The van der Waals surface area contributed by atoms with Gasteiger partial charge in [0.25, 0.3) is 0 Å². The van der Waals surface area contributed by atoms with Crippen LogP contribution in [0.25, 0.3) is 0 Å². The molecule has 0 bridgehead atoms. The lowest BCUT2D eigenvalue weighted by atomic mass is 9.42. The van der Waals surface area contributed by atoms with E-state index in [4.69, 9.17) is 4.42 Å². The minimum Gasteiger partial charge on any atom is -0.431 e. The third-order valence-electron chi connectivity index (χ3n) is 9.77. The Morgan fingerprint density at radius 2 is 1.77 bits per heavy atom. The Bertz CT molecular complexity index is 937. The third-order valence-corrected chi connectivity index (χ3v) is 9.77. The minimum atomic E-state index is -1.45. The molecule has 10 atom stereocenters. The average molecular weight is 433 g/mol. The van der Waals surface area contributed by atoms with Gasteiger partial charge in [-0.2, -0.15) is 0 Å². The molecule has 31 heavy (non-hydrogen) atoms. The van der Waals surface area contributed by atoms with Gasteiger partial charge in [-0.1, -0.05) is 13.8 Å². The molecule has 0 aromatic carbocycles. The Morgan fingerprint density at radius 3 is 2.45 bits per heavy atom. The van der Waals surface area contributed by atoms with Crippen LogP contribution in [0.1, 0.15) is 63.9 Å². The van der Waals surface area contributed by atoms with Crippen molar-refractivity contribution in [2.24, 2.45) is 28.6 Å². The summed E-state index contributed by atoms with van der Waals surface area (Å²) in [6.07, 6.45) is 1.88. The maximum absolute atomic E-state index is 13.8. The second-order valence-electron chi connectivity index (χ2n) is 10.9. The van der Waals surface area contributed by atoms with E-state index in [9.17, 15) is 30.0 Å². The first-order valence-corrected chi connectivity index (χ1v) is 11.4. The SMILES string of the molecule is CC12CCC(O)CC1CCC1C2C(=O)C(O)C2(C)C(c3ccc(=O)oc3)C(O)CC12O. The quantitative estimate of drug-likeness (QED) is 0.527. The normalized spacial score (nSPS) is 51.7. The highest BCUT2D eigenvalue weighted by molar-refractivity contribution is 5.89. The third kappa shape index (κ3) is 2.60. The highest BCUT2D eigenvalue weighted by atomic mass is 16.4. The molecule has 5 rings (SSSR count). The average Bonchev–Trinajstić information content (AvgIpc) is 2.94. The molecule has 0 spiro atoms. The molecular weight excluding hydrogens is 400 g/mol. The van der Waals surface area contributed by atoms with Gasteiger partial charge in [0.2, 0.25) is 0 Å². The molecule has 4 saturated carbocycles. The van der Waals surface area contributed by atoms with Crippen LogP contribution in [0.5, 0.6) is 0 Å². The summed E-state index contributed by atoms with van der Waals surface area (Å²) in [6, 6.07) is 2.79. The van der Waals surface area contributed by atoms with Gasteiger partial charge in [0.15, 0.2) is 5.78 Å². The van der Waals surface area contributed by atoms with Crippen molar-refractivity contribution >= 4 is 5.78 Å². The summed E-state index contributed by atoms with van der Waals surface area (Å²) in [5, 5.41) is 44.8. The van der Waals surface area contributed by atoms with Gasteiger partial charge < -0.3 is 24.8 Å². The summed E-state index contributed by atoms with van der Waals surface area (Å²) in [5.74, 6) is -1.71. The molecule has 1 aromatic rings. The molecule has 0 amide bonds. The van der Waals surface area contributed by atoms with Gasteiger partial charge in [-0.3, -0.25) is 4.79 Å². The molecule has 10 unspecified atom stereocenters. The summed E-state index contributed by atoms with van der Waals surface area (Å²) >= 11 is 0. The molecule has 4 aliphatic rings. The van der Waals surface area contributed by atoms with Crippen molar-refractivity contribution in [1.29, 1.82) is 0 Å². The van der Waals surface area contributed by atoms with Gasteiger partial charge in [-0.25, -0.2) is 4.79 Å². The molecular formula is C24H32O7. The lowest BCUT2D eigenvalue weighted by molar-refractivity contribution is -0.230. The molecule has 170 valence electrons. The Kier molecular flexibility index (Phi) is 4.63. The van der Waals surface area contributed by atoms with E-state index in [2.05, 4.69) is 6.92 Å². The first-order chi connectivity index (χ1) is 14.5. The van der Waals surface area contributed by atoms with Gasteiger partial charge in [0.1, 0.15) is 6.10 Å². The fourth-order valence-corrected chi connectivity index (χ4v) is 8.16. The predicted octanol–water partition coefficient (Wildman–Crippen LogP) is 1.36. The fourth-order valence-electron chi connectivity index (χ4n) is 8.16. The summed E-state index contributed by atoms with van der Waals surface area (Å²) in [7, 11) is 0. The van der Waals surface area contributed by atoms with Crippen molar-refractivity contribution in [3.05, 3.63) is 34.4 Å². The van der Waals surface area contributed by atoms with Crippen LogP contribution >= 0.6 is 0 Å². The molecule has 7 heteroatoms. The van der Waals surface area contributed by atoms with E-state index >= 15 is 0 Å². The maximum atomic E-state index is 13.8. The molecule has 0 saturated heterocycles. The summed E-state index contributed by atoms with van der Waals surface area (Å²) in [4.78, 5) is 25.2. The topological polar surface area (TPSA) is 128 Å². The van der Waals surface area contributed by atoms with Crippen molar-refractivity contribution in [2.75, 3.05) is 0 Å². The molecule has 1 aromatic heterocycles. The lowest BCUT2D eigenvalue weighted by Crippen LogP contribution is -2.70. The number of rotatable bonds is 1. The van der Waals surface area contributed by atoms with Crippen molar-refractivity contribution in [3.63, 3.8) is 0 Å². The highest BCUT2D eigenvalue weighted by Crippen LogP contribution is 2.69. The number of aliphatic hydroxyl groups excluding tert-OH is 3. The zero-order valence-corrected chi connectivity index (χ0v) is 18.0. The first kappa shape index (κ1) is 21.3. The van der Waals surface area contributed by atoms with E-state index in [1.165, 1.54) is 12.3 Å². The van der Waals surface area contributed by atoms with Crippen LogP contribution in [0.4, 0.5) is 0 Å². The van der Waals surface area contributed by atoms with Crippen LogP contribution in [0.15, 0.2) is 27.6 Å². The number of Topliss-reactive ketones (excluding diaryl/α,β-unsaturated/α-hetero) is 1. The monoisotopic (exact) mass is 432 g/mol. The first-order valence-electron chi connectivity index (χ1n) is 11.4. The summed E-state index contributed by atoms with van der Waals surface area (Å²) < 4.78 is 5.00. The van der Waals surface area contributed by atoms with Crippen molar-refractivity contribution in [3.8, 4) is 0 Å². The fraction of sp³-hybridized carbons (Fsp3) is 0.750. The van der Waals surface area contributed by atoms with Gasteiger partial charge in [0.05, 0.1) is 24.1 Å². The highest BCUT2D eigenvalue weighted by Gasteiger charge is 2.75. The van der Waals surface area contributed by atoms with Crippen LogP contribution < -0.4 is 5.63 Å². The van der Waals surface area contributed by atoms with Gasteiger partial charge in [-0.15, -0.1) is 0 Å². The summed E-state index contributed by atoms with van der Waals surface area (Å²) in [6.45, 7) is 3.77. The second-order valence-corrected chi connectivity index (χ2v) is 10.9. The van der Waals surface area contributed by atoms with E-state index in [-0.39, 0.29) is 35.6 Å². The molecule has 4 fully saturated rings. The smallest absolute Gasteiger partial charge is 0.335 e. The number of carbonyl (C=O) groups excluding carboxylic acids is 1. The minimum absolute atomic E-state index is 0.0577. The number of carbonyl (C=O) groups is 1. The van der Waals surface area contributed by atoms with E-state index < -0.39 is 40.7 Å². The van der Waals surface area contributed by atoms with Crippen LogP contribution in [-0.4, -0.2) is 50.1 Å². The van der Waals surface area contributed by atoms with Crippen LogP contribution in [0.3, 0.4) is 0 Å². The van der Waals surface area contributed by atoms with E-state index in [0.717, 1.165) is 6.42 Å². The Morgan fingerprint density at radius 1 is 1.03 bits per heavy atom. The van der Waals surface area contributed by atoms with Gasteiger partial charge in [0, 0.05) is 29.7 Å². The molecule has 0 aliphatic heterocycles. The van der Waals surface area contributed by atoms with Gasteiger partial charge >= 0.3 is 5.63 Å². The predicted molar refractivity (Wildman–Crippen MR) is 110 cm³/mol. The van der Waals surface area contributed by atoms with E-state index in [1.54, 1.807) is 13.0 Å².